The molecule has 0 aliphatic heterocycles. The zero-order chi connectivity index (χ0) is 15.2. The molecular formula is C13H19N5O2S. The van der Waals surface area contributed by atoms with Gasteiger partial charge in [0.2, 0.25) is 0 Å². The van der Waals surface area contributed by atoms with E-state index in [0.29, 0.717) is 5.82 Å². The van der Waals surface area contributed by atoms with E-state index in [1.165, 1.54) is 11.8 Å². The normalized spacial score (nSPS) is 14.6. The summed E-state index contributed by atoms with van der Waals surface area (Å²) in [6, 6.07) is 0. The van der Waals surface area contributed by atoms with Crippen LogP contribution < -0.4 is 4.72 Å². The van der Waals surface area contributed by atoms with Crippen LogP contribution in [-0.2, 0) is 43.5 Å². The average molecular weight is 309 g/mol. The summed E-state index contributed by atoms with van der Waals surface area (Å²) in [5.41, 5.74) is 3.23. The molecule has 21 heavy (non-hydrogen) atoms. The molecule has 2 aromatic rings. The molecule has 0 saturated carbocycles. The molecule has 0 spiro atoms. The van der Waals surface area contributed by atoms with Crippen LogP contribution in [0.15, 0.2) is 11.2 Å². The molecule has 0 unspecified atom stereocenters. The van der Waals surface area contributed by atoms with Crippen molar-refractivity contribution in [1.82, 2.24) is 24.1 Å². The van der Waals surface area contributed by atoms with Gasteiger partial charge in [-0.25, -0.2) is 18.1 Å². The number of aromatic nitrogens is 4. The molecule has 0 saturated heterocycles. The average Bonchev–Trinajstić information content (AvgIpc) is 3.04. The standard InChI is InChI=1S/C13H19N5O2S/c1-9-15-13(8-17(9)2)21(19,20)14-7-12-10-5-4-6-11(10)16-18(12)3/h8,14H,4-7H2,1-3H3. The van der Waals surface area contributed by atoms with Crippen molar-refractivity contribution >= 4 is 10.0 Å². The summed E-state index contributed by atoms with van der Waals surface area (Å²) in [7, 11) is 0.0319. The number of fused-ring (bicyclic) bond motifs is 1. The summed E-state index contributed by atoms with van der Waals surface area (Å²) in [5, 5.41) is 4.50. The number of nitrogens with one attached hydrogen (secondary N) is 1. The zero-order valence-corrected chi connectivity index (χ0v) is 13.2. The first-order valence-corrected chi connectivity index (χ1v) is 8.40. The number of hydrogen-bond donors (Lipinski definition) is 1. The number of nitrogens with zero attached hydrogens (tertiary/aromatic N) is 4. The Hall–Kier alpha value is -1.67. The first-order chi connectivity index (χ1) is 9.88. The Morgan fingerprint density at radius 3 is 2.76 bits per heavy atom. The second-order valence-corrected chi connectivity index (χ2v) is 7.12. The van der Waals surface area contributed by atoms with Crippen molar-refractivity contribution < 1.29 is 8.42 Å². The summed E-state index contributed by atoms with van der Waals surface area (Å²) >= 11 is 0. The highest BCUT2D eigenvalue weighted by molar-refractivity contribution is 7.89. The predicted octanol–water partition coefficient (Wildman–Crippen LogP) is 0.429. The highest BCUT2D eigenvalue weighted by Gasteiger charge is 2.23. The third-order valence-electron chi connectivity index (χ3n) is 3.99. The molecule has 2 aromatic heterocycles. The molecular weight excluding hydrogens is 290 g/mol. The molecule has 0 fully saturated rings. The van der Waals surface area contributed by atoms with E-state index in [1.807, 2.05) is 7.05 Å². The van der Waals surface area contributed by atoms with Gasteiger partial charge in [-0.2, -0.15) is 5.10 Å². The maximum absolute atomic E-state index is 12.3. The van der Waals surface area contributed by atoms with Gasteiger partial charge < -0.3 is 4.57 Å². The molecule has 0 amide bonds. The topological polar surface area (TPSA) is 81.8 Å². The third-order valence-corrected chi connectivity index (χ3v) is 5.26. The zero-order valence-electron chi connectivity index (χ0n) is 12.4. The number of hydrogen-bond acceptors (Lipinski definition) is 4. The van der Waals surface area contributed by atoms with E-state index >= 15 is 0 Å². The number of imidazole rings is 1. The van der Waals surface area contributed by atoms with Gasteiger partial charge in [0.05, 0.1) is 17.9 Å². The van der Waals surface area contributed by atoms with Crippen LogP contribution in [0.5, 0.6) is 0 Å². The fourth-order valence-corrected chi connectivity index (χ4v) is 3.72. The van der Waals surface area contributed by atoms with Crippen LogP contribution in [0.1, 0.15) is 29.2 Å². The van der Waals surface area contributed by atoms with Crippen molar-refractivity contribution in [1.29, 1.82) is 0 Å². The number of rotatable bonds is 4. The number of sulfonamides is 1. The predicted molar refractivity (Wildman–Crippen MR) is 77.2 cm³/mol. The molecule has 8 heteroatoms. The van der Waals surface area contributed by atoms with Crippen LogP contribution in [0.3, 0.4) is 0 Å². The van der Waals surface area contributed by atoms with E-state index < -0.39 is 10.0 Å². The lowest BCUT2D eigenvalue weighted by Gasteiger charge is -2.07. The van der Waals surface area contributed by atoms with Gasteiger partial charge in [-0.1, -0.05) is 0 Å². The van der Waals surface area contributed by atoms with Gasteiger partial charge in [0.1, 0.15) is 5.82 Å². The van der Waals surface area contributed by atoms with Crippen LogP contribution in [0.2, 0.25) is 0 Å². The Labute approximate surface area is 124 Å². The monoisotopic (exact) mass is 309 g/mol. The fraction of sp³-hybridized carbons (Fsp3) is 0.538. The van der Waals surface area contributed by atoms with E-state index in [2.05, 4.69) is 14.8 Å². The summed E-state index contributed by atoms with van der Waals surface area (Å²) < 4.78 is 30.7. The lowest BCUT2D eigenvalue weighted by atomic mass is 10.2. The molecule has 0 aromatic carbocycles. The minimum atomic E-state index is -3.60. The highest BCUT2D eigenvalue weighted by atomic mass is 32.2. The SMILES string of the molecule is Cc1nc(S(=O)(=O)NCc2c3c(nn2C)CCC3)cn1C. The molecule has 1 aliphatic carbocycles. The number of aryl methyl sites for hydroxylation is 4. The molecule has 7 nitrogen and oxygen atoms in total. The summed E-state index contributed by atoms with van der Waals surface area (Å²) in [4.78, 5) is 4.07. The molecule has 1 aliphatic rings. The van der Waals surface area contributed by atoms with E-state index in [4.69, 9.17) is 0 Å². The molecule has 0 bridgehead atoms. The van der Waals surface area contributed by atoms with Crippen molar-refractivity contribution in [2.75, 3.05) is 0 Å². The Kier molecular flexibility index (Phi) is 3.37. The smallest absolute Gasteiger partial charge is 0.259 e. The van der Waals surface area contributed by atoms with Crippen LogP contribution in [-0.4, -0.2) is 27.7 Å². The minimum Gasteiger partial charge on any atom is -0.337 e. The Morgan fingerprint density at radius 1 is 1.33 bits per heavy atom. The van der Waals surface area contributed by atoms with Gasteiger partial charge in [-0.3, -0.25) is 4.68 Å². The molecule has 3 rings (SSSR count). The van der Waals surface area contributed by atoms with Crippen LogP contribution in [0.4, 0.5) is 0 Å². The van der Waals surface area contributed by atoms with Crippen molar-refractivity contribution in [3.8, 4) is 0 Å². The van der Waals surface area contributed by atoms with Crippen molar-refractivity contribution in [2.24, 2.45) is 14.1 Å². The summed E-state index contributed by atoms with van der Waals surface area (Å²) in [6.45, 7) is 2.02. The van der Waals surface area contributed by atoms with E-state index in [-0.39, 0.29) is 11.6 Å². The Morgan fingerprint density at radius 2 is 2.10 bits per heavy atom. The van der Waals surface area contributed by atoms with Crippen LogP contribution in [0.25, 0.3) is 0 Å². The van der Waals surface area contributed by atoms with Crippen molar-refractivity contribution in [3.05, 3.63) is 29.0 Å². The molecule has 2 heterocycles. The second kappa shape index (κ2) is 4.96. The lowest BCUT2D eigenvalue weighted by Crippen LogP contribution is -2.25. The van der Waals surface area contributed by atoms with Gasteiger partial charge in [-0.05, 0) is 31.7 Å². The molecule has 1 N–H and O–H groups in total. The van der Waals surface area contributed by atoms with Crippen molar-refractivity contribution in [3.63, 3.8) is 0 Å². The van der Waals surface area contributed by atoms with Crippen molar-refractivity contribution in [2.45, 2.75) is 37.8 Å². The maximum Gasteiger partial charge on any atom is 0.259 e. The molecule has 0 radical (unpaired) electrons. The quantitative estimate of drug-likeness (QED) is 0.888. The van der Waals surface area contributed by atoms with Gasteiger partial charge >= 0.3 is 0 Å². The maximum atomic E-state index is 12.3. The first-order valence-electron chi connectivity index (χ1n) is 6.92. The highest BCUT2D eigenvalue weighted by Crippen LogP contribution is 2.24. The lowest BCUT2D eigenvalue weighted by molar-refractivity contribution is 0.572. The van der Waals surface area contributed by atoms with E-state index in [9.17, 15) is 8.42 Å². The van der Waals surface area contributed by atoms with Gasteiger partial charge in [0.25, 0.3) is 10.0 Å². The largest absolute Gasteiger partial charge is 0.337 e. The fourth-order valence-electron chi connectivity index (χ4n) is 2.70. The van der Waals surface area contributed by atoms with E-state index in [1.54, 1.807) is 23.2 Å². The van der Waals surface area contributed by atoms with E-state index in [0.717, 1.165) is 30.7 Å². The van der Waals surface area contributed by atoms with Crippen LogP contribution in [0, 0.1) is 6.92 Å². The Balaban J connectivity index is 1.81. The third kappa shape index (κ3) is 2.49. The first kappa shape index (κ1) is 14.3. The van der Waals surface area contributed by atoms with Gasteiger partial charge in [-0.15, -0.1) is 0 Å². The summed E-state index contributed by atoms with van der Waals surface area (Å²) in [5.74, 6) is 0.664. The van der Waals surface area contributed by atoms with Gasteiger partial charge in [0.15, 0.2) is 5.03 Å². The van der Waals surface area contributed by atoms with Crippen LogP contribution >= 0.6 is 0 Å². The van der Waals surface area contributed by atoms with Gasteiger partial charge in [0, 0.05) is 20.3 Å². The second-order valence-electron chi connectivity index (χ2n) is 5.41. The summed E-state index contributed by atoms with van der Waals surface area (Å²) in [6.07, 6.45) is 4.57. The molecule has 0 atom stereocenters. The minimum absolute atomic E-state index is 0.0568. The molecule has 114 valence electrons. The Bertz CT molecular complexity index is 768.